The third-order valence-electron chi connectivity index (χ3n) is 6.81. The number of pyridine rings is 1. The molecule has 0 atom stereocenters. The first-order valence-corrected chi connectivity index (χ1v) is 12.8. The van der Waals surface area contributed by atoms with Crippen LogP contribution in [0.1, 0.15) is 97.2 Å². The summed E-state index contributed by atoms with van der Waals surface area (Å²) >= 11 is 0. The van der Waals surface area contributed by atoms with Gasteiger partial charge in [0.2, 0.25) is 11.6 Å². The molecule has 0 amide bonds. The summed E-state index contributed by atoms with van der Waals surface area (Å²) in [5.74, 6) is 0.687. The second kappa shape index (κ2) is 11.9. The third-order valence-corrected chi connectivity index (χ3v) is 6.81. The molecule has 0 radical (unpaired) electrons. The van der Waals surface area contributed by atoms with Crippen LogP contribution in [0.4, 0.5) is 0 Å². The minimum Gasteiger partial charge on any atom is -0.478 e. The lowest BCUT2D eigenvalue weighted by atomic mass is 9.86. The molecule has 0 aliphatic heterocycles. The molecule has 2 heterocycles. The van der Waals surface area contributed by atoms with E-state index in [1.165, 1.54) is 19.3 Å². The van der Waals surface area contributed by atoms with Gasteiger partial charge in [0.05, 0.1) is 17.8 Å². The number of hydrogen-bond donors (Lipinski definition) is 1. The number of aromatic carboxylic acids is 1. The number of benzene rings is 1. The number of rotatable bonds is 11. The van der Waals surface area contributed by atoms with Gasteiger partial charge in [-0.25, -0.2) is 14.5 Å². The van der Waals surface area contributed by atoms with Crippen molar-refractivity contribution in [2.75, 3.05) is 0 Å². The molecule has 35 heavy (non-hydrogen) atoms. The van der Waals surface area contributed by atoms with E-state index < -0.39 is 5.97 Å². The number of aryl methyl sites for hydroxylation is 1. The van der Waals surface area contributed by atoms with Crippen LogP contribution >= 0.6 is 0 Å². The first kappa shape index (κ1) is 24.8. The van der Waals surface area contributed by atoms with Crippen LogP contribution in [-0.4, -0.2) is 36.6 Å². The van der Waals surface area contributed by atoms with E-state index in [1.807, 2.05) is 22.9 Å². The van der Waals surface area contributed by atoms with Crippen LogP contribution in [0, 0.1) is 5.92 Å². The van der Waals surface area contributed by atoms with Crippen molar-refractivity contribution < 1.29 is 14.7 Å². The number of Topliss-reactive ketones (excluding diaryl/α,β-unsaturated/α-hetero) is 1. The molecule has 2 aromatic heterocycles. The molecule has 0 unspecified atom stereocenters. The van der Waals surface area contributed by atoms with Gasteiger partial charge in [0.25, 0.3) is 0 Å². The van der Waals surface area contributed by atoms with Gasteiger partial charge in [-0.1, -0.05) is 76.1 Å². The highest BCUT2D eigenvalue weighted by atomic mass is 16.4. The van der Waals surface area contributed by atoms with Crippen LogP contribution in [0.25, 0.3) is 11.1 Å². The van der Waals surface area contributed by atoms with Gasteiger partial charge in [-0.05, 0) is 30.0 Å². The number of ketones is 1. The highest BCUT2D eigenvalue weighted by Crippen LogP contribution is 2.27. The second-order valence-corrected chi connectivity index (χ2v) is 9.49. The second-order valence-electron chi connectivity index (χ2n) is 9.49. The summed E-state index contributed by atoms with van der Waals surface area (Å²) in [6.45, 7) is 2.59. The summed E-state index contributed by atoms with van der Waals surface area (Å²) in [6.07, 6.45) is 12.2. The van der Waals surface area contributed by atoms with Crippen LogP contribution in [0.5, 0.6) is 0 Å². The van der Waals surface area contributed by atoms with Gasteiger partial charge < -0.3 is 5.11 Å². The van der Waals surface area contributed by atoms with E-state index in [0.717, 1.165) is 55.6 Å². The van der Waals surface area contributed by atoms with Crippen molar-refractivity contribution >= 4 is 11.8 Å². The average molecular weight is 475 g/mol. The molecular formula is C28H34N4O3. The Hall–Kier alpha value is -3.35. The van der Waals surface area contributed by atoms with Crippen molar-refractivity contribution in [2.24, 2.45) is 5.92 Å². The molecule has 1 fully saturated rings. The summed E-state index contributed by atoms with van der Waals surface area (Å²) in [4.78, 5) is 33.7. The molecule has 1 saturated carbocycles. The maximum atomic E-state index is 12.9. The lowest BCUT2D eigenvalue weighted by Crippen LogP contribution is -2.14. The van der Waals surface area contributed by atoms with E-state index in [9.17, 15) is 14.7 Å². The fraction of sp³-hybridized carbons (Fsp3) is 0.464. The topological polar surface area (TPSA) is 98.0 Å². The molecule has 0 saturated heterocycles. The van der Waals surface area contributed by atoms with Gasteiger partial charge >= 0.3 is 5.97 Å². The van der Waals surface area contributed by atoms with Gasteiger partial charge in [-0.3, -0.25) is 9.78 Å². The number of hydrogen-bond acceptors (Lipinski definition) is 5. The zero-order chi connectivity index (χ0) is 24.6. The van der Waals surface area contributed by atoms with Crippen LogP contribution < -0.4 is 0 Å². The maximum absolute atomic E-state index is 12.9. The summed E-state index contributed by atoms with van der Waals surface area (Å²) < 4.78 is 1.82. The van der Waals surface area contributed by atoms with Crippen LogP contribution in [0.2, 0.25) is 0 Å². The van der Waals surface area contributed by atoms with E-state index in [1.54, 1.807) is 24.4 Å². The van der Waals surface area contributed by atoms with E-state index in [-0.39, 0.29) is 11.3 Å². The van der Waals surface area contributed by atoms with Gasteiger partial charge in [-0.15, -0.1) is 5.10 Å². The van der Waals surface area contributed by atoms with Crippen molar-refractivity contribution in [3.8, 4) is 11.1 Å². The van der Waals surface area contributed by atoms with Crippen LogP contribution in [-0.2, 0) is 13.0 Å². The highest BCUT2D eigenvalue weighted by molar-refractivity contribution is 5.95. The Morgan fingerprint density at radius 2 is 1.86 bits per heavy atom. The zero-order valence-corrected chi connectivity index (χ0v) is 20.4. The molecule has 1 aliphatic carbocycles. The lowest BCUT2D eigenvalue weighted by molar-refractivity contribution is 0.0697. The minimum atomic E-state index is -0.963. The fourth-order valence-electron chi connectivity index (χ4n) is 4.83. The largest absolute Gasteiger partial charge is 0.478 e. The molecule has 184 valence electrons. The van der Waals surface area contributed by atoms with Crippen molar-refractivity contribution in [1.29, 1.82) is 0 Å². The zero-order valence-electron chi connectivity index (χ0n) is 20.4. The number of carboxylic acids is 1. The Kier molecular flexibility index (Phi) is 8.40. The fourth-order valence-corrected chi connectivity index (χ4v) is 4.83. The standard InChI is InChI=1S/C28H34N4O3/c1-2-3-5-14-26-30-27(25(33)17-20-10-6-4-7-11-20)31-32(26)19-22-16-15-21(18-29-22)23-12-8-9-13-24(23)28(34)35/h8-9,12-13,15-16,18,20H,2-7,10-11,14,17,19H2,1H3,(H,34,35). The number of carboxylic acid groups (broad SMARTS) is 1. The number of aromatic nitrogens is 4. The van der Waals surface area contributed by atoms with Crippen LogP contribution in [0.3, 0.4) is 0 Å². The van der Waals surface area contributed by atoms with Crippen molar-refractivity contribution in [3.05, 3.63) is 65.5 Å². The molecule has 1 aliphatic rings. The van der Waals surface area contributed by atoms with Gasteiger partial charge in [0.1, 0.15) is 5.82 Å². The summed E-state index contributed by atoms with van der Waals surface area (Å²) in [7, 11) is 0. The molecule has 3 aromatic rings. The van der Waals surface area contributed by atoms with Crippen molar-refractivity contribution in [2.45, 2.75) is 77.7 Å². The Bertz CT molecular complexity index is 1150. The smallest absolute Gasteiger partial charge is 0.336 e. The molecule has 1 aromatic carbocycles. The average Bonchev–Trinajstić information content (AvgIpc) is 3.28. The number of carbonyl (C=O) groups is 2. The lowest BCUT2D eigenvalue weighted by Gasteiger charge is -2.19. The summed E-state index contributed by atoms with van der Waals surface area (Å²) in [5.41, 5.74) is 2.42. The summed E-state index contributed by atoms with van der Waals surface area (Å²) in [5, 5.41) is 14.1. The van der Waals surface area contributed by atoms with Gasteiger partial charge in [0, 0.05) is 24.6 Å². The molecule has 0 bridgehead atoms. The predicted octanol–water partition coefficient (Wildman–Crippen LogP) is 5.97. The van der Waals surface area contributed by atoms with Crippen molar-refractivity contribution in [1.82, 2.24) is 19.7 Å². The Morgan fingerprint density at radius 1 is 1.06 bits per heavy atom. The number of unbranched alkanes of at least 4 members (excludes halogenated alkanes) is 2. The number of nitrogens with zero attached hydrogens (tertiary/aromatic N) is 4. The monoisotopic (exact) mass is 474 g/mol. The first-order chi connectivity index (χ1) is 17.0. The Morgan fingerprint density at radius 3 is 2.57 bits per heavy atom. The summed E-state index contributed by atoms with van der Waals surface area (Å²) in [6, 6.07) is 10.7. The number of carbonyl (C=O) groups excluding carboxylic acids is 1. The molecule has 7 heteroatoms. The van der Waals surface area contributed by atoms with Gasteiger partial charge in [0.15, 0.2) is 0 Å². The molecular weight excluding hydrogens is 440 g/mol. The van der Waals surface area contributed by atoms with E-state index in [0.29, 0.717) is 30.3 Å². The molecule has 7 nitrogen and oxygen atoms in total. The third kappa shape index (κ3) is 6.41. The maximum Gasteiger partial charge on any atom is 0.336 e. The van der Waals surface area contributed by atoms with E-state index in [4.69, 9.17) is 0 Å². The molecule has 4 rings (SSSR count). The van der Waals surface area contributed by atoms with E-state index in [2.05, 4.69) is 22.0 Å². The van der Waals surface area contributed by atoms with Gasteiger partial charge in [-0.2, -0.15) is 0 Å². The SMILES string of the molecule is CCCCCc1nc(C(=O)CC2CCCCC2)nn1Cc1ccc(-c2ccccc2C(=O)O)cn1. The first-order valence-electron chi connectivity index (χ1n) is 12.8. The Balaban J connectivity index is 1.52. The Labute approximate surface area is 206 Å². The van der Waals surface area contributed by atoms with Crippen molar-refractivity contribution in [3.63, 3.8) is 0 Å². The van der Waals surface area contributed by atoms with Crippen LogP contribution in [0.15, 0.2) is 42.6 Å². The molecule has 1 N–H and O–H groups in total. The van der Waals surface area contributed by atoms with E-state index >= 15 is 0 Å². The highest BCUT2D eigenvalue weighted by Gasteiger charge is 2.22. The molecule has 0 spiro atoms. The quantitative estimate of drug-likeness (QED) is 0.271. The minimum absolute atomic E-state index is 0.0426. The normalized spacial score (nSPS) is 14.2. The predicted molar refractivity (Wildman–Crippen MR) is 135 cm³/mol.